The first kappa shape index (κ1) is 20.3. The van der Waals surface area contributed by atoms with Gasteiger partial charge in [0.15, 0.2) is 0 Å². The topological polar surface area (TPSA) is 58.4 Å². The molecule has 1 aliphatic heterocycles. The second-order valence-corrected chi connectivity index (χ2v) is 9.14. The number of piperidine rings is 1. The van der Waals surface area contributed by atoms with E-state index in [0.29, 0.717) is 11.7 Å². The van der Waals surface area contributed by atoms with Crippen LogP contribution in [0, 0.1) is 0 Å². The first-order valence-corrected chi connectivity index (χ1v) is 11.7. The molecule has 3 aromatic rings. The van der Waals surface area contributed by atoms with Crippen LogP contribution in [-0.4, -0.2) is 35.1 Å². The Labute approximate surface area is 183 Å². The molecule has 2 aliphatic rings. The van der Waals surface area contributed by atoms with Crippen molar-refractivity contribution >= 4 is 16.7 Å². The highest BCUT2D eigenvalue weighted by molar-refractivity contribution is 5.91. The normalized spacial score (nSPS) is 20.7. The number of nitrogens with zero attached hydrogens (tertiary/aromatic N) is 2. The minimum atomic E-state index is -0.117. The van der Waals surface area contributed by atoms with E-state index in [4.69, 9.17) is 4.52 Å². The number of aromatic nitrogens is 1. The Kier molecular flexibility index (Phi) is 6.03. The predicted molar refractivity (Wildman–Crippen MR) is 122 cm³/mol. The van der Waals surface area contributed by atoms with Gasteiger partial charge < -0.3 is 9.84 Å². The van der Waals surface area contributed by atoms with Gasteiger partial charge in [-0.2, -0.15) is 0 Å². The maximum Gasteiger partial charge on any atom is 0.290 e. The third-order valence-electron chi connectivity index (χ3n) is 6.89. The summed E-state index contributed by atoms with van der Waals surface area (Å²) in [6.45, 7) is 2.97. The second kappa shape index (κ2) is 9.23. The summed E-state index contributed by atoms with van der Waals surface area (Å²) in [5.41, 5.74) is 2.28. The fourth-order valence-corrected chi connectivity index (χ4v) is 5.20. The minimum Gasteiger partial charge on any atom is -0.351 e. The standard InChI is InChI=1S/C26H31N3O2/c30-26(27-22-12-2-1-3-13-22)25-16-24(28-31-25)21-11-7-15-29(18-21)17-20-10-6-9-19-8-4-5-14-23(19)20/h4-6,8-10,14,16,21-22H,1-3,7,11-13,15,17-18H2,(H,27,30)/t21-/m1/s1. The van der Waals surface area contributed by atoms with Crippen LogP contribution in [0.1, 0.15) is 72.7 Å². The number of amides is 1. The van der Waals surface area contributed by atoms with E-state index in [1.165, 1.54) is 35.6 Å². The van der Waals surface area contributed by atoms with E-state index in [2.05, 4.69) is 57.8 Å². The van der Waals surface area contributed by atoms with Crippen molar-refractivity contribution in [1.29, 1.82) is 0 Å². The average Bonchev–Trinajstić information content (AvgIpc) is 3.31. The molecule has 2 fully saturated rings. The second-order valence-electron chi connectivity index (χ2n) is 9.14. The minimum absolute atomic E-state index is 0.117. The van der Waals surface area contributed by atoms with Crippen molar-refractivity contribution in [1.82, 2.24) is 15.4 Å². The molecule has 5 nitrogen and oxygen atoms in total. The molecule has 5 heteroatoms. The van der Waals surface area contributed by atoms with Crippen LogP contribution in [0.3, 0.4) is 0 Å². The highest BCUT2D eigenvalue weighted by Crippen LogP contribution is 2.29. The van der Waals surface area contributed by atoms with Gasteiger partial charge in [0.25, 0.3) is 5.91 Å². The van der Waals surface area contributed by atoms with E-state index in [9.17, 15) is 4.79 Å². The van der Waals surface area contributed by atoms with Crippen molar-refractivity contribution in [2.24, 2.45) is 0 Å². The van der Waals surface area contributed by atoms with E-state index in [-0.39, 0.29) is 11.9 Å². The largest absolute Gasteiger partial charge is 0.351 e. The number of benzene rings is 2. The Morgan fingerprint density at radius 3 is 2.77 bits per heavy atom. The number of hydrogen-bond donors (Lipinski definition) is 1. The molecule has 1 N–H and O–H groups in total. The van der Waals surface area contributed by atoms with Gasteiger partial charge in [-0.05, 0) is 48.6 Å². The lowest BCUT2D eigenvalue weighted by atomic mass is 9.93. The Morgan fingerprint density at radius 1 is 1.03 bits per heavy atom. The molecular weight excluding hydrogens is 386 g/mol. The van der Waals surface area contributed by atoms with Gasteiger partial charge in [0.05, 0.1) is 5.69 Å². The molecule has 5 rings (SSSR count). The van der Waals surface area contributed by atoms with Crippen molar-refractivity contribution in [3.63, 3.8) is 0 Å². The molecule has 2 heterocycles. The van der Waals surface area contributed by atoms with Crippen molar-refractivity contribution in [2.75, 3.05) is 13.1 Å². The molecular formula is C26H31N3O2. The summed E-state index contributed by atoms with van der Waals surface area (Å²) in [4.78, 5) is 15.1. The lowest BCUT2D eigenvalue weighted by Gasteiger charge is -2.32. The zero-order valence-electron chi connectivity index (χ0n) is 18.1. The van der Waals surface area contributed by atoms with Crippen LogP contribution in [0.5, 0.6) is 0 Å². The van der Waals surface area contributed by atoms with Crippen LogP contribution in [0.25, 0.3) is 10.8 Å². The number of carbonyl (C=O) groups excluding carboxylic acids is 1. The molecule has 0 radical (unpaired) electrons. The van der Waals surface area contributed by atoms with Crippen LogP contribution in [0.15, 0.2) is 53.1 Å². The Balaban J connectivity index is 1.24. The molecule has 162 valence electrons. The summed E-state index contributed by atoms with van der Waals surface area (Å²) in [5.74, 6) is 0.546. The number of likely N-dealkylation sites (tertiary alicyclic amines) is 1. The fraction of sp³-hybridized carbons (Fsp3) is 0.462. The average molecular weight is 418 g/mol. The van der Waals surface area contributed by atoms with Crippen LogP contribution < -0.4 is 5.32 Å². The zero-order valence-corrected chi connectivity index (χ0v) is 18.1. The molecule has 1 aliphatic carbocycles. The molecule has 0 spiro atoms. The van der Waals surface area contributed by atoms with E-state index >= 15 is 0 Å². The van der Waals surface area contributed by atoms with Gasteiger partial charge in [-0.3, -0.25) is 9.69 Å². The number of nitrogens with one attached hydrogen (secondary N) is 1. The third kappa shape index (κ3) is 4.67. The van der Waals surface area contributed by atoms with Gasteiger partial charge >= 0.3 is 0 Å². The molecule has 1 amide bonds. The lowest BCUT2D eigenvalue weighted by Crippen LogP contribution is -2.36. The van der Waals surface area contributed by atoms with Gasteiger partial charge in [-0.1, -0.05) is 66.9 Å². The first-order valence-electron chi connectivity index (χ1n) is 11.7. The van der Waals surface area contributed by atoms with Crippen molar-refractivity contribution < 1.29 is 9.32 Å². The van der Waals surface area contributed by atoms with Crippen LogP contribution in [0.4, 0.5) is 0 Å². The lowest BCUT2D eigenvalue weighted by molar-refractivity contribution is 0.0890. The third-order valence-corrected chi connectivity index (χ3v) is 6.89. The fourth-order valence-electron chi connectivity index (χ4n) is 5.20. The molecule has 31 heavy (non-hydrogen) atoms. The summed E-state index contributed by atoms with van der Waals surface area (Å²) in [7, 11) is 0. The maximum absolute atomic E-state index is 12.6. The Bertz CT molecular complexity index is 1030. The van der Waals surface area contributed by atoms with Crippen molar-refractivity contribution in [2.45, 2.75) is 63.5 Å². The highest BCUT2D eigenvalue weighted by Gasteiger charge is 2.26. The number of fused-ring (bicyclic) bond motifs is 1. The maximum atomic E-state index is 12.6. The smallest absolute Gasteiger partial charge is 0.290 e. The molecule has 0 unspecified atom stereocenters. The van der Waals surface area contributed by atoms with Crippen LogP contribution in [0.2, 0.25) is 0 Å². The van der Waals surface area contributed by atoms with E-state index in [1.54, 1.807) is 0 Å². The summed E-state index contributed by atoms with van der Waals surface area (Å²) >= 11 is 0. The van der Waals surface area contributed by atoms with Crippen molar-refractivity contribution in [3.8, 4) is 0 Å². The summed E-state index contributed by atoms with van der Waals surface area (Å²) in [6, 6.07) is 17.3. The first-order chi connectivity index (χ1) is 15.3. The monoisotopic (exact) mass is 417 g/mol. The number of rotatable bonds is 5. The summed E-state index contributed by atoms with van der Waals surface area (Å²) in [6.07, 6.45) is 8.02. The molecule has 2 aromatic carbocycles. The van der Waals surface area contributed by atoms with Crippen molar-refractivity contribution in [3.05, 3.63) is 65.5 Å². The molecule has 1 atom stereocenters. The number of hydrogen-bond acceptors (Lipinski definition) is 4. The van der Waals surface area contributed by atoms with Gasteiger partial charge in [-0.25, -0.2) is 0 Å². The molecule has 0 bridgehead atoms. The summed E-state index contributed by atoms with van der Waals surface area (Å²) in [5, 5.41) is 10.0. The Morgan fingerprint density at radius 2 is 1.87 bits per heavy atom. The van der Waals surface area contributed by atoms with Crippen LogP contribution >= 0.6 is 0 Å². The molecule has 1 aromatic heterocycles. The predicted octanol–water partition coefficient (Wildman–Crippen LogP) is 5.27. The molecule has 1 saturated carbocycles. The molecule has 1 saturated heterocycles. The quantitative estimate of drug-likeness (QED) is 0.614. The number of carbonyl (C=O) groups is 1. The zero-order chi connectivity index (χ0) is 21.0. The van der Waals surface area contributed by atoms with E-state index < -0.39 is 0 Å². The summed E-state index contributed by atoms with van der Waals surface area (Å²) < 4.78 is 5.45. The van der Waals surface area contributed by atoms with Gasteiger partial charge in [0.1, 0.15) is 0 Å². The van der Waals surface area contributed by atoms with Gasteiger partial charge in [0, 0.05) is 31.1 Å². The van der Waals surface area contributed by atoms with E-state index in [0.717, 1.165) is 51.0 Å². The highest BCUT2D eigenvalue weighted by atomic mass is 16.5. The van der Waals surface area contributed by atoms with E-state index in [1.807, 2.05) is 6.07 Å². The van der Waals surface area contributed by atoms with Gasteiger partial charge in [-0.15, -0.1) is 0 Å². The Hall–Kier alpha value is -2.66. The van der Waals surface area contributed by atoms with Gasteiger partial charge in [0.2, 0.25) is 5.76 Å². The SMILES string of the molecule is O=C(NC1CCCCC1)c1cc([C@@H]2CCCN(Cc3cccc4ccccc34)C2)no1. The van der Waals surface area contributed by atoms with Crippen LogP contribution in [-0.2, 0) is 6.54 Å².